The van der Waals surface area contributed by atoms with Gasteiger partial charge in [0.25, 0.3) is 0 Å². The predicted octanol–water partition coefficient (Wildman–Crippen LogP) is 3.68. The zero-order valence-corrected chi connectivity index (χ0v) is 8.97. The van der Waals surface area contributed by atoms with Crippen molar-refractivity contribution in [2.75, 3.05) is 0 Å². The fraction of sp³-hybridized carbons (Fsp3) is 0.500. The molecule has 1 saturated carbocycles. The average Bonchev–Trinajstić information content (AvgIpc) is 2.13. The van der Waals surface area contributed by atoms with Crippen LogP contribution in [0.2, 0.25) is 0 Å². The molecular formula is C12H12F4O. The van der Waals surface area contributed by atoms with E-state index in [-0.39, 0.29) is 11.5 Å². The molecule has 1 aromatic rings. The summed E-state index contributed by atoms with van der Waals surface area (Å²) >= 11 is 0. The van der Waals surface area contributed by atoms with E-state index in [9.17, 15) is 22.7 Å². The Labute approximate surface area is 96.1 Å². The minimum absolute atomic E-state index is 0.118. The van der Waals surface area contributed by atoms with Gasteiger partial charge >= 0.3 is 6.18 Å². The highest BCUT2D eigenvalue weighted by Crippen LogP contribution is 2.40. The Morgan fingerprint density at radius 2 is 1.88 bits per heavy atom. The van der Waals surface area contributed by atoms with Gasteiger partial charge in [-0.25, -0.2) is 4.39 Å². The Hall–Kier alpha value is -1.10. The monoisotopic (exact) mass is 248 g/mol. The SMILES string of the molecule is OC(c1cccc(C(F)(F)F)c1F)C1CCC1. The van der Waals surface area contributed by atoms with Crippen LogP contribution in [0.3, 0.4) is 0 Å². The molecule has 17 heavy (non-hydrogen) atoms. The van der Waals surface area contributed by atoms with Gasteiger partial charge in [-0.1, -0.05) is 18.6 Å². The van der Waals surface area contributed by atoms with Gasteiger partial charge in [0.1, 0.15) is 5.82 Å². The molecule has 0 heterocycles. The summed E-state index contributed by atoms with van der Waals surface area (Å²) in [6, 6.07) is 3.03. The topological polar surface area (TPSA) is 20.2 Å². The number of halogens is 4. The lowest BCUT2D eigenvalue weighted by molar-refractivity contribution is -0.140. The van der Waals surface area contributed by atoms with Gasteiger partial charge in [0.15, 0.2) is 0 Å². The van der Waals surface area contributed by atoms with E-state index < -0.39 is 23.7 Å². The minimum atomic E-state index is -4.72. The number of alkyl halides is 3. The molecule has 94 valence electrons. The first-order valence-electron chi connectivity index (χ1n) is 5.45. The summed E-state index contributed by atoms with van der Waals surface area (Å²) in [7, 11) is 0. The van der Waals surface area contributed by atoms with E-state index in [1.807, 2.05) is 0 Å². The van der Waals surface area contributed by atoms with Crippen molar-refractivity contribution in [1.82, 2.24) is 0 Å². The van der Waals surface area contributed by atoms with Crippen LogP contribution in [0.5, 0.6) is 0 Å². The van der Waals surface area contributed by atoms with Crippen molar-refractivity contribution in [3.05, 3.63) is 35.1 Å². The van der Waals surface area contributed by atoms with Crippen LogP contribution in [-0.4, -0.2) is 5.11 Å². The van der Waals surface area contributed by atoms with Crippen molar-refractivity contribution in [3.63, 3.8) is 0 Å². The maximum Gasteiger partial charge on any atom is 0.419 e. The molecule has 0 aliphatic heterocycles. The normalized spacial score (nSPS) is 18.9. The van der Waals surface area contributed by atoms with E-state index in [0.29, 0.717) is 6.07 Å². The Morgan fingerprint density at radius 1 is 1.24 bits per heavy atom. The maximum absolute atomic E-state index is 13.7. The molecular weight excluding hydrogens is 236 g/mol. The van der Waals surface area contributed by atoms with Crippen LogP contribution in [0.15, 0.2) is 18.2 Å². The first-order valence-corrected chi connectivity index (χ1v) is 5.45. The summed E-state index contributed by atoms with van der Waals surface area (Å²) in [6.45, 7) is 0. The molecule has 1 N–H and O–H groups in total. The van der Waals surface area contributed by atoms with Crippen molar-refractivity contribution in [2.24, 2.45) is 5.92 Å². The van der Waals surface area contributed by atoms with Crippen LogP contribution in [-0.2, 0) is 6.18 Å². The zero-order chi connectivity index (χ0) is 12.6. The van der Waals surface area contributed by atoms with Crippen molar-refractivity contribution in [1.29, 1.82) is 0 Å². The van der Waals surface area contributed by atoms with Crippen LogP contribution < -0.4 is 0 Å². The summed E-state index contributed by atoms with van der Waals surface area (Å²) < 4.78 is 51.1. The van der Waals surface area contributed by atoms with Crippen LogP contribution in [0.4, 0.5) is 17.6 Å². The van der Waals surface area contributed by atoms with Crippen LogP contribution in [0, 0.1) is 11.7 Å². The number of rotatable bonds is 2. The van der Waals surface area contributed by atoms with Gasteiger partial charge < -0.3 is 5.11 Å². The minimum Gasteiger partial charge on any atom is -0.388 e. The first-order chi connectivity index (χ1) is 7.91. The lowest BCUT2D eigenvalue weighted by Gasteiger charge is -2.31. The smallest absolute Gasteiger partial charge is 0.388 e. The fourth-order valence-electron chi connectivity index (χ4n) is 2.01. The number of hydrogen-bond donors (Lipinski definition) is 1. The van der Waals surface area contributed by atoms with Gasteiger partial charge in [0.2, 0.25) is 0 Å². The lowest BCUT2D eigenvalue weighted by atomic mass is 9.78. The van der Waals surface area contributed by atoms with Gasteiger partial charge in [0.05, 0.1) is 11.7 Å². The molecule has 0 saturated heterocycles. The van der Waals surface area contributed by atoms with E-state index in [4.69, 9.17) is 0 Å². The van der Waals surface area contributed by atoms with Crippen LogP contribution in [0.1, 0.15) is 36.5 Å². The van der Waals surface area contributed by atoms with Crippen molar-refractivity contribution in [3.8, 4) is 0 Å². The van der Waals surface area contributed by atoms with Crippen molar-refractivity contribution in [2.45, 2.75) is 31.5 Å². The molecule has 0 aromatic heterocycles. The third kappa shape index (κ3) is 2.29. The van der Waals surface area contributed by atoms with Crippen molar-refractivity contribution < 1.29 is 22.7 Å². The summed E-state index contributed by atoms with van der Waals surface area (Å²) in [4.78, 5) is 0. The van der Waals surface area contributed by atoms with Crippen molar-refractivity contribution >= 4 is 0 Å². The number of hydrogen-bond acceptors (Lipinski definition) is 1. The molecule has 1 aromatic carbocycles. The highest BCUT2D eigenvalue weighted by atomic mass is 19.4. The van der Waals surface area contributed by atoms with Gasteiger partial charge in [0, 0.05) is 5.56 Å². The Kier molecular flexibility index (Phi) is 3.12. The second-order valence-corrected chi connectivity index (χ2v) is 4.34. The molecule has 0 bridgehead atoms. The van der Waals surface area contributed by atoms with Crippen LogP contribution in [0.25, 0.3) is 0 Å². The van der Waals surface area contributed by atoms with E-state index in [1.165, 1.54) is 6.07 Å². The number of benzene rings is 1. The summed E-state index contributed by atoms with van der Waals surface area (Å²) in [5.74, 6) is -1.47. The predicted molar refractivity (Wildman–Crippen MR) is 53.7 cm³/mol. The summed E-state index contributed by atoms with van der Waals surface area (Å²) in [5.41, 5.74) is -1.56. The lowest BCUT2D eigenvalue weighted by Crippen LogP contribution is -2.22. The van der Waals surface area contributed by atoms with Gasteiger partial charge in [-0.3, -0.25) is 0 Å². The van der Waals surface area contributed by atoms with Gasteiger partial charge in [-0.05, 0) is 24.8 Å². The number of aliphatic hydroxyl groups is 1. The van der Waals surface area contributed by atoms with E-state index in [0.717, 1.165) is 25.3 Å². The summed E-state index contributed by atoms with van der Waals surface area (Å²) in [5, 5.41) is 9.80. The van der Waals surface area contributed by atoms with Gasteiger partial charge in [-0.2, -0.15) is 13.2 Å². The molecule has 1 fully saturated rings. The van der Waals surface area contributed by atoms with E-state index in [1.54, 1.807) is 0 Å². The molecule has 5 heteroatoms. The fourth-order valence-corrected chi connectivity index (χ4v) is 2.01. The quantitative estimate of drug-likeness (QED) is 0.791. The highest BCUT2D eigenvalue weighted by molar-refractivity contribution is 5.30. The molecule has 0 radical (unpaired) electrons. The average molecular weight is 248 g/mol. The zero-order valence-electron chi connectivity index (χ0n) is 8.97. The Morgan fingerprint density at radius 3 is 2.35 bits per heavy atom. The highest BCUT2D eigenvalue weighted by Gasteiger charge is 2.37. The molecule has 0 spiro atoms. The molecule has 1 nitrogen and oxygen atoms in total. The molecule has 1 aliphatic carbocycles. The third-order valence-electron chi connectivity index (χ3n) is 3.25. The number of aliphatic hydroxyl groups excluding tert-OH is 1. The largest absolute Gasteiger partial charge is 0.419 e. The van der Waals surface area contributed by atoms with E-state index in [2.05, 4.69) is 0 Å². The third-order valence-corrected chi connectivity index (χ3v) is 3.25. The molecule has 1 aliphatic rings. The Balaban J connectivity index is 2.35. The Bertz CT molecular complexity index is 409. The second-order valence-electron chi connectivity index (χ2n) is 4.34. The maximum atomic E-state index is 13.7. The molecule has 0 amide bonds. The summed E-state index contributed by atoms with van der Waals surface area (Å²) in [6.07, 6.45) is -3.46. The van der Waals surface area contributed by atoms with Crippen LogP contribution >= 0.6 is 0 Å². The first kappa shape index (κ1) is 12.4. The molecule has 1 unspecified atom stereocenters. The standard InChI is InChI=1S/C12H12F4O/c13-10-8(11(17)7-3-1-4-7)5-2-6-9(10)12(14,15)16/h2,5-7,11,17H,1,3-4H2. The van der Waals surface area contributed by atoms with Gasteiger partial charge in [-0.15, -0.1) is 0 Å². The molecule has 2 rings (SSSR count). The van der Waals surface area contributed by atoms with E-state index >= 15 is 0 Å². The second kappa shape index (κ2) is 4.29. The molecule has 1 atom stereocenters.